The maximum Gasteiger partial charge on any atom is 0.321 e. The van der Waals surface area contributed by atoms with Crippen LogP contribution in [0.2, 0.25) is 0 Å². The van der Waals surface area contributed by atoms with Crippen molar-refractivity contribution in [3.63, 3.8) is 0 Å². The summed E-state index contributed by atoms with van der Waals surface area (Å²) in [7, 11) is 0. The van der Waals surface area contributed by atoms with Crippen LogP contribution in [-0.4, -0.2) is 57.3 Å². The zero-order valence-electron chi connectivity index (χ0n) is 19.6. The molecule has 1 saturated heterocycles. The van der Waals surface area contributed by atoms with Crippen molar-refractivity contribution in [2.75, 3.05) is 31.5 Å². The number of nitrogens with one attached hydrogen (secondary N) is 1. The molecule has 3 amide bonds. The average Bonchev–Trinajstić information content (AvgIpc) is 3.31. The summed E-state index contributed by atoms with van der Waals surface area (Å²) in [5.74, 6) is 0.766. The maximum absolute atomic E-state index is 13.0. The van der Waals surface area contributed by atoms with Gasteiger partial charge in [-0.1, -0.05) is 18.2 Å². The minimum atomic E-state index is -0.130. The number of nitrogens with zero attached hydrogens (tertiary/aromatic N) is 4. The van der Waals surface area contributed by atoms with Gasteiger partial charge in [0.1, 0.15) is 5.65 Å². The average molecular weight is 486 g/mol. The van der Waals surface area contributed by atoms with Gasteiger partial charge in [-0.2, -0.15) is 0 Å². The van der Waals surface area contributed by atoms with Gasteiger partial charge in [0.15, 0.2) is 0 Å². The normalized spacial score (nSPS) is 13.7. The number of imidazole rings is 1. The van der Waals surface area contributed by atoms with Crippen LogP contribution in [0.15, 0.2) is 84.0 Å². The molecule has 0 aliphatic carbocycles. The molecular formula is C27H27N5O2S. The van der Waals surface area contributed by atoms with Crippen LogP contribution in [0.1, 0.15) is 21.6 Å². The van der Waals surface area contributed by atoms with E-state index in [1.807, 2.05) is 95.3 Å². The third-order valence-electron chi connectivity index (χ3n) is 6.03. The number of aryl methyl sites for hydroxylation is 1. The second kappa shape index (κ2) is 10.2. The summed E-state index contributed by atoms with van der Waals surface area (Å²) in [6, 6.07) is 21.3. The lowest BCUT2D eigenvalue weighted by Gasteiger charge is -2.34. The molecule has 1 fully saturated rings. The van der Waals surface area contributed by atoms with E-state index in [1.165, 1.54) is 0 Å². The molecule has 3 heterocycles. The number of piperazine rings is 1. The standard InChI is InChI=1S/C27H27N5O2S/c1-20-5-4-6-22(17-20)29-27(34)31-15-13-30(14-16-31)26(33)21-8-10-24(11-9-21)35-19-23-18-32-12-3-2-7-25(32)28-23/h2-12,17-18H,13-16,19H2,1H3,(H,29,34). The molecular weight excluding hydrogens is 458 g/mol. The molecule has 2 aromatic heterocycles. The number of carbonyl (C=O) groups is 2. The largest absolute Gasteiger partial charge is 0.335 e. The minimum absolute atomic E-state index is 0.000596. The molecule has 0 spiro atoms. The number of anilines is 1. The number of amides is 3. The van der Waals surface area contributed by atoms with Crippen molar-refractivity contribution in [3.8, 4) is 0 Å². The van der Waals surface area contributed by atoms with Gasteiger partial charge in [-0.25, -0.2) is 9.78 Å². The molecule has 4 aromatic rings. The van der Waals surface area contributed by atoms with Crippen LogP contribution in [0.4, 0.5) is 10.5 Å². The first kappa shape index (κ1) is 23.0. The molecule has 35 heavy (non-hydrogen) atoms. The number of pyridine rings is 1. The number of urea groups is 1. The van der Waals surface area contributed by atoms with Gasteiger partial charge in [0.05, 0.1) is 5.69 Å². The molecule has 8 heteroatoms. The Morgan fingerprint density at radius 2 is 1.71 bits per heavy atom. The number of carbonyl (C=O) groups excluding carboxylic acids is 2. The highest BCUT2D eigenvalue weighted by molar-refractivity contribution is 7.98. The zero-order valence-corrected chi connectivity index (χ0v) is 20.4. The van der Waals surface area contributed by atoms with Gasteiger partial charge in [-0.15, -0.1) is 11.8 Å². The van der Waals surface area contributed by atoms with E-state index in [0.29, 0.717) is 31.7 Å². The van der Waals surface area contributed by atoms with Crippen molar-refractivity contribution in [1.82, 2.24) is 19.2 Å². The number of rotatable bonds is 5. The van der Waals surface area contributed by atoms with Gasteiger partial charge in [0, 0.05) is 60.5 Å². The Morgan fingerprint density at radius 3 is 2.46 bits per heavy atom. The quantitative estimate of drug-likeness (QED) is 0.407. The van der Waals surface area contributed by atoms with E-state index in [1.54, 1.807) is 16.7 Å². The molecule has 7 nitrogen and oxygen atoms in total. The summed E-state index contributed by atoms with van der Waals surface area (Å²) in [5.41, 5.74) is 4.51. The van der Waals surface area contributed by atoms with Gasteiger partial charge >= 0.3 is 6.03 Å². The third kappa shape index (κ3) is 5.49. The van der Waals surface area contributed by atoms with E-state index in [0.717, 1.165) is 33.2 Å². The number of benzene rings is 2. The number of aromatic nitrogens is 2. The molecule has 1 N–H and O–H groups in total. The highest BCUT2D eigenvalue weighted by atomic mass is 32.2. The van der Waals surface area contributed by atoms with Crippen LogP contribution < -0.4 is 5.32 Å². The van der Waals surface area contributed by atoms with Crippen LogP contribution in [0.5, 0.6) is 0 Å². The van der Waals surface area contributed by atoms with Gasteiger partial charge < -0.3 is 19.5 Å². The van der Waals surface area contributed by atoms with E-state index in [-0.39, 0.29) is 11.9 Å². The van der Waals surface area contributed by atoms with Crippen LogP contribution in [0.3, 0.4) is 0 Å². The van der Waals surface area contributed by atoms with Gasteiger partial charge in [0.25, 0.3) is 5.91 Å². The fraction of sp³-hybridized carbons (Fsp3) is 0.222. The topological polar surface area (TPSA) is 70.0 Å². The van der Waals surface area contributed by atoms with Crippen molar-refractivity contribution in [2.24, 2.45) is 0 Å². The molecule has 2 aromatic carbocycles. The SMILES string of the molecule is Cc1cccc(NC(=O)N2CCN(C(=O)c3ccc(SCc4cn5ccccc5n4)cc3)CC2)c1. The molecule has 5 rings (SSSR count). The van der Waals surface area contributed by atoms with Crippen LogP contribution in [0.25, 0.3) is 5.65 Å². The van der Waals surface area contributed by atoms with Crippen LogP contribution in [0, 0.1) is 6.92 Å². The van der Waals surface area contributed by atoms with Crippen molar-refractivity contribution < 1.29 is 9.59 Å². The molecule has 1 aliphatic heterocycles. The van der Waals surface area contributed by atoms with E-state index in [9.17, 15) is 9.59 Å². The Hall–Kier alpha value is -3.78. The molecule has 178 valence electrons. The molecule has 0 bridgehead atoms. The Balaban J connectivity index is 1.12. The van der Waals surface area contributed by atoms with Crippen molar-refractivity contribution >= 4 is 35.0 Å². The molecule has 0 atom stereocenters. The molecule has 1 aliphatic rings. The fourth-order valence-corrected chi connectivity index (χ4v) is 4.91. The van der Waals surface area contributed by atoms with E-state index < -0.39 is 0 Å². The lowest BCUT2D eigenvalue weighted by molar-refractivity contribution is 0.0671. The number of fused-ring (bicyclic) bond motifs is 1. The first-order chi connectivity index (χ1) is 17.0. The second-order valence-electron chi connectivity index (χ2n) is 8.59. The summed E-state index contributed by atoms with van der Waals surface area (Å²) < 4.78 is 2.02. The summed E-state index contributed by atoms with van der Waals surface area (Å²) >= 11 is 1.70. The van der Waals surface area contributed by atoms with E-state index >= 15 is 0 Å². The summed E-state index contributed by atoms with van der Waals surface area (Å²) in [5, 5.41) is 2.94. The zero-order chi connectivity index (χ0) is 24.2. The van der Waals surface area contributed by atoms with Crippen molar-refractivity contribution in [3.05, 3.63) is 95.9 Å². The fourth-order valence-electron chi connectivity index (χ4n) is 4.13. The number of hydrogen-bond donors (Lipinski definition) is 1. The Labute approximate surface area is 208 Å². The number of thioether (sulfide) groups is 1. The first-order valence-corrected chi connectivity index (χ1v) is 12.6. The predicted molar refractivity (Wildman–Crippen MR) is 139 cm³/mol. The Morgan fingerprint density at radius 1 is 0.943 bits per heavy atom. The number of hydrogen-bond acceptors (Lipinski definition) is 4. The maximum atomic E-state index is 13.0. The van der Waals surface area contributed by atoms with E-state index in [2.05, 4.69) is 10.3 Å². The Kier molecular flexibility index (Phi) is 6.72. The molecule has 0 saturated carbocycles. The van der Waals surface area contributed by atoms with Crippen molar-refractivity contribution in [2.45, 2.75) is 17.6 Å². The van der Waals surface area contributed by atoms with Gasteiger partial charge in [-0.3, -0.25) is 4.79 Å². The van der Waals surface area contributed by atoms with Crippen LogP contribution in [-0.2, 0) is 5.75 Å². The highest BCUT2D eigenvalue weighted by Crippen LogP contribution is 2.23. The second-order valence-corrected chi connectivity index (χ2v) is 9.64. The summed E-state index contributed by atoms with van der Waals surface area (Å²) in [4.78, 5) is 34.9. The van der Waals surface area contributed by atoms with E-state index in [4.69, 9.17) is 0 Å². The molecule has 0 unspecified atom stereocenters. The van der Waals surface area contributed by atoms with Gasteiger partial charge in [0.2, 0.25) is 0 Å². The van der Waals surface area contributed by atoms with Crippen molar-refractivity contribution in [1.29, 1.82) is 0 Å². The predicted octanol–water partition coefficient (Wildman–Crippen LogP) is 4.92. The lowest BCUT2D eigenvalue weighted by atomic mass is 10.2. The minimum Gasteiger partial charge on any atom is -0.335 e. The Bertz CT molecular complexity index is 1310. The highest BCUT2D eigenvalue weighted by Gasteiger charge is 2.25. The van der Waals surface area contributed by atoms with Crippen LogP contribution >= 0.6 is 11.8 Å². The van der Waals surface area contributed by atoms with Gasteiger partial charge in [-0.05, 0) is 61.0 Å². The first-order valence-electron chi connectivity index (χ1n) is 11.6. The third-order valence-corrected chi connectivity index (χ3v) is 7.07. The molecule has 0 radical (unpaired) electrons. The lowest BCUT2D eigenvalue weighted by Crippen LogP contribution is -2.51. The monoisotopic (exact) mass is 485 g/mol. The summed E-state index contributed by atoms with van der Waals surface area (Å²) in [6.45, 7) is 4.05. The smallest absolute Gasteiger partial charge is 0.321 e. The summed E-state index contributed by atoms with van der Waals surface area (Å²) in [6.07, 6.45) is 4.04.